The molecular weight excluding hydrogens is 160 g/mol. The lowest BCUT2D eigenvalue weighted by molar-refractivity contribution is 0.615. The first-order valence-electron chi connectivity index (χ1n) is 4.30. The van der Waals surface area contributed by atoms with Gasteiger partial charge < -0.3 is 4.42 Å². The van der Waals surface area contributed by atoms with Crippen LogP contribution in [-0.2, 0) is 0 Å². The largest absolute Gasteiger partial charge is 0.464 e. The molecule has 13 heavy (non-hydrogen) atoms. The van der Waals surface area contributed by atoms with Gasteiger partial charge in [-0.1, -0.05) is 36.4 Å². The van der Waals surface area contributed by atoms with Crippen LogP contribution in [0.3, 0.4) is 0 Å². The first-order valence-corrected chi connectivity index (χ1v) is 4.30. The molecule has 0 unspecified atom stereocenters. The maximum absolute atomic E-state index is 5.43. The van der Waals surface area contributed by atoms with E-state index in [2.05, 4.69) is 24.3 Å². The van der Waals surface area contributed by atoms with Crippen LogP contribution in [0.15, 0.2) is 41.0 Å². The summed E-state index contributed by atoms with van der Waals surface area (Å²) in [6.45, 7) is 0. The molecule has 0 N–H and O–H groups in total. The zero-order chi connectivity index (χ0) is 8.67. The summed E-state index contributed by atoms with van der Waals surface area (Å²) in [6, 6.07) is 6.11. The summed E-state index contributed by atoms with van der Waals surface area (Å²) in [5.41, 5.74) is 3.35. The highest BCUT2D eigenvalue weighted by Crippen LogP contribution is 2.28. The fourth-order valence-electron chi connectivity index (χ4n) is 1.72. The van der Waals surface area contributed by atoms with E-state index >= 15 is 0 Å². The Bertz CT molecular complexity index is 515. The lowest BCUT2D eigenvalue weighted by Crippen LogP contribution is -1.73. The van der Waals surface area contributed by atoms with Crippen LogP contribution < -0.4 is 0 Å². The molecule has 2 aromatic rings. The minimum Gasteiger partial charge on any atom is -0.464 e. The Morgan fingerprint density at radius 1 is 0.923 bits per heavy atom. The normalized spacial score (nSPS) is 13.5. The standard InChI is InChI=1S/C12H8O/c1-2-5-10-8-13-11-7-3-6-9(4-1)12(10)11/h1-8H. The highest BCUT2D eigenvalue weighted by atomic mass is 16.3. The molecule has 0 fully saturated rings. The van der Waals surface area contributed by atoms with E-state index in [0.717, 1.165) is 11.1 Å². The lowest BCUT2D eigenvalue weighted by Gasteiger charge is -1.94. The fourth-order valence-corrected chi connectivity index (χ4v) is 1.72. The summed E-state index contributed by atoms with van der Waals surface area (Å²) in [5.74, 6) is 0. The predicted molar refractivity (Wildman–Crippen MR) is 54.3 cm³/mol. The van der Waals surface area contributed by atoms with E-state index in [9.17, 15) is 0 Å². The van der Waals surface area contributed by atoms with Crippen molar-refractivity contribution in [3.63, 3.8) is 0 Å². The molecule has 1 nitrogen and oxygen atoms in total. The van der Waals surface area contributed by atoms with E-state index in [-0.39, 0.29) is 0 Å². The molecule has 0 bridgehead atoms. The summed E-state index contributed by atoms with van der Waals surface area (Å²) in [7, 11) is 0. The van der Waals surface area contributed by atoms with E-state index < -0.39 is 0 Å². The van der Waals surface area contributed by atoms with Crippen molar-refractivity contribution in [2.24, 2.45) is 0 Å². The summed E-state index contributed by atoms with van der Waals surface area (Å²) < 4.78 is 5.43. The molecule has 0 saturated heterocycles. The molecule has 62 valence electrons. The second kappa shape index (κ2) is 2.36. The Balaban J connectivity index is 2.56. The van der Waals surface area contributed by atoms with Gasteiger partial charge >= 0.3 is 0 Å². The number of hydrogen-bond acceptors (Lipinski definition) is 1. The van der Waals surface area contributed by atoms with Crippen LogP contribution in [0.4, 0.5) is 0 Å². The van der Waals surface area contributed by atoms with Crippen LogP contribution in [0.1, 0.15) is 11.1 Å². The highest BCUT2D eigenvalue weighted by molar-refractivity contribution is 5.95. The van der Waals surface area contributed by atoms with E-state index in [1.807, 2.05) is 18.2 Å². The van der Waals surface area contributed by atoms with Gasteiger partial charge in [0.05, 0.1) is 6.26 Å². The molecule has 0 spiro atoms. The van der Waals surface area contributed by atoms with Gasteiger partial charge in [0.1, 0.15) is 5.58 Å². The molecule has 1 aliphatic carbocycles. The van der Waals surface area contributed by atoms with Crippen molar-refractivity contribution in [1.29, 1.82) is 0 Å². The Morgan fingerprint density at radius 3 is 2.69 bits per heavy atom. The van der Waals surface area contributed by atoms with E-state index in [4.69, 9.17) is 4.42 Å². The van der Waals surface area contributed by atoms with Crippen molar-refractivity contribution in [3.8, 4) is 0 Å². The summed E-state index contributed by atoms with van der Waals surface area (Å²) in [4.78, 5) is 0. The summed E-state index contributed by atoms with van der Waals surface area (Å²) in [5, 5.41) is 1.22. The minimum atomic E-state index is 0.962. The molecule has 0 radical (unpaired) electrons. The van der Waals surface area contributed by atoms with Crippen molar-refractivity contribution in [2.75, 3.05) is 0 Å². The predicted octanol–water partition coefficient (Wildman–Crippen LogP) is 3.47. The van der Waals surface area contributed by atoms with Gasteiger partial charge in [0.2, 0.25) is 0 Å². The van der Waals surface area contributed by atoms with Crippen LogP contribution in [0.2, 0.25) is 0 Å². The third-order valence-corrected chi connectivity index (χ3v) is 2.32. The molecule has 0 atom stereocenters. The molecule has 1 heterocycles. The van der Waals surface area contributed by atoms with Gasteiger partial charge in [-0.3, -0.25) is 0 Å². The van der Waals surface area contributed by atoms with Gasteiger partial charge in [-0.25, -0.2) is 0 Å². The molecular formula is C12H8O. The number of allylic oxidation sites excluding steroid dienone is 2. The second-order valence-corrected chi connectivity index (χ2v) is 3.13. The van der Waals surface area contributed by atoms with Crippen LogP contribution in [0.25, 0.3) is 23.1 Å². The molecule has 3 rings (SSSR count). The first-order chi connectivity index (χ1) is 6.45. The van der Waals surface area contributed by atoms with Crippen molar-refractivity contribution in [2.45, 2.75) is 0 Å². The number of furan rings is 1. The molecule has 0 aliphatic heterocycles. The van der Waals surface area contributed by atoms with Gasteiger partial charge in [0.25, 0.3) is 0 Å². The zero-order valence-electron chi connectivity index (χ0n) is 7.03. The zero-order valence-corrected chi connectivity index (χ0v) is 7.03. The van der Waals surface area contributed by atoms with Crippen molar-refractivity contribution < 1.29 is 4.42 Å². The van der Waals surface area contributed by atoms with Gasteiger partial charge in [0, 0.05) is 10.9 Å². The minimum absolute atomic E-state index is 0.962. The fraction of sp³-hybridized carbons (Fsp3) is 0. The maximum atomic E-state index is 5.43. The molecule has 0 saturated carbocycles. The van der Waals surface area contributed by atoms with E-state index in [1.54, 1.807) is 6.26 Å². The van der Waals surface area contributed by atoms with Crippen LogP contribution in [-0.4, -0.2) is 0 Å². The van der Waals surface area contributed by atoms with Gasteiger partial charge in [-0.15, -0.1) is 0 Å². The molecule has 1 aliphatic rings. The van der Waals surface area contributed by atoms with Gasteiger partial charge in [-0.2, -0.15) is 0 Å². The Labute approximate surface area is 76.0 Å². The molecule has 1 aromatic heterocycles. The van der Waals surface area contributed by atoms with Crippen LogP contribution in [0.5, 0.6) is 0 Å². The average molecular weight is 168 g/mol. The molecule has 1 heteroatoms. The lowest BCUT2D eigenvalue weighted by atomic mass is 10.1. The third kappa shape index (κ3) is 0.872. The average Bonchev–Trinajstić information content (AvgIpc) is 2.44. The SMILES string of the molecule is C1=Cc2cccc3occ(c23)C=C1. The van der Waals surface area contributed by atoms with E-state index in [0.29, 0.717) is 0 Å². The summed E-state index contributed by atoms with van der Waals surface area (Å²) in [6.07, 6.45) is 10.1. The second-order valence-electron chi connectivity index (χ2n) is 3.13. The van der Waals surface area contributed by atoms with E-state index in [1.165, 1.54) is 10.9 Å². The Kier molecular flexibility index (Phi) is 1.22. The van der Waals surface area contributed by atoms with Gasteiger partial charge in [0.15, 0.2) is 0 Å². The Hall–Kier alpha value is -1.76. The van der Waals surface area contributed by atoms with Crippen LogP contribution >= 0.6 is 0 Å². The van der Waals surface area contributed by atoms with Gasteiger partial charge in [-0.05, 0) is 11.6 Å². The smallest absolute Gasteiger partial charge is 0.135 e. The maximum Gasteiger partial charge on any atom is 0.135 e. The quantitative estimate of drug-likeness (QED) is 0.587. The number of rotatable bonds is 0. The topological polar surface area (TPSA) is 13.1 Å². The number of benzene rings is 1. The van der Waals surface area contributed by atoms with Crippen molar-refractivity contribution in [1.82, 2.24) is 0 Å². The monoisotopic (exact) mass is 168 g/mol. The highest BCUT2D eigenvalue weighted by Gasteiger charge is 2.07. The van der Waals surface area contributed by atoms with Crippen molar-refractivity contribution in [3.05, 3.63) is 47.7 Å². The molecule has 0 amide bonds. The first kappa shape index (κ1) is 6.72. The summed E-state index contributed by atoms with van der Waals surface area (Å²) >= 11 is 0. The molecule has 1 aromatic carbocycles. The number of hydrogen-bond donors (Lipinski definition) is 0. The van der Waals surface area contributed by atoms with Crippen LogP contribution in [0, 0.1) is 0 Å². The third-order valence-electron chi connectivity index (χ3n) is 2.32. The Morgan fingerprint density at radius 2 is 1.77 bits per heavy atom. The van der Waals surface area contributed by atoms with Crippen molar-refractivity contribution >= 4 is 23.1 Å².